The summed E-state index contributed by atoms with van der Waals surface area (Å²) < 4.78 is 7.15. The number of rotatable bonds is 6. The highest BCUT2D eigenvalue weighted by atomic mass is 16.5. The molecule has 2 atom stereocenters. The van der Waals surface area contributed by atoms with Crippen LogP contribution in [-0.2, 0) is 18.3 Å². The van der Waals surface area contributed by atoms with Crippen molar-refractivity contribution >= 4 is 5.82 Å². The van der Waals surface area contributed by atoms with Gasteiger partial charge in [0.15, 0.2) is 0 Å². The van der Waals surface area contributed by atoms with Crippen molar-refractivity contribution in [2.45, 2.75) is 33.7 Å². The molecule has 1 aromatic heterocycles. The molecule has 21 heavy (non-hydrogen) atoms. The standard InChI is InChI=1S/C16H30N4O/c1-12-8-13(2)11-20(10-12)16-15(9-17-6-7-21-5)14(3)18-19(16)4/h12-13,17H,6-11H2,1-5H3. The predicted octanol–water partition coefficient (Wildman–Crippen LogP) is 1.95. The van der Waals surface area contributed by atoms with Gasteiger partial charge in [0.25, 0.3) is 0 Å². The zero-order valence-electron chi connectivity index (χ0n) is 14.1. The van der Waals surface area contributed by atoms with E-state index in [1.165, 1.54) is 17.8 Å². The van der Waals surface area contributed by atoms with Crippen LogP contribution in [0.5, 0.6) is 0 Å². The minimum absolute atomic E-state index is 0.742. The fourth-order valence-electron chi connectivity index (χ4n) is 3.52. The Morgan fingerprint density at radius 3 is 2.57 bits per heavy atom. The molecule has 2 heterocycles. The summed E-state index contributed by atoms with van der Waals surface area (Å²) in [6, 6.07) is 0. The lowest BCUT2D eigenvalue weighted by Gasteiger charge is -2.37. The van der Waals surface area contributed by atoms with E-state index in [1.54, 1.807) is 7.11 Å². The molecule has 2 rings (SSSR count). The van der Waals surface area contributed by atoms with Crippen LogP contribution in [0.25, 0.3) is 0 Å². The number of piperidine rings is 1. The van der Waals surface area contributed by atoms with Crippen LogP contribution >= 0.6 is 0 Å². The molecule has 1 aromatic rings. The topological polar surface area (TPSA) is 42.3 Å². The highest BCUT2D eigenvalue weighted by Gasteiger charge is 2.26. The molecule has 1 aliphatic rings. The second-order valence-electron chi connectivity index (χ2n) is 6.53. The lowest BCUT2D eigenvalue weighted by molar-refractivity contribution is 0.199. The summed E-state index contributed by atoms with van der Waals surface area (Å²) in [5, 5.41) is 8.09. The molecule has 0 radical (unpaired) electrons. The zero-order valence-corrected chi connectivity index (χ0v) is 14.1. The van der Waals surface area contributed by atoms with Crippen molar-refractivity contribution in [2.24, 2.45) is 18.9 Å². The van der Waals surface area contributed by atoms with Gasteiger partial charge in [-0.1, -0.05) is 13.8 Å². The molecule has 1 aliphatic heterocycles. The lowest BCUT2D eigenvalue weighted by Crippen LogP contribution is -2.40. The molecule has 2 unspecified atom stereocenters. The van der Waals surface area contributed by atoms with Crippen molar-refractivity contribution < 1.29 is 4.74 Å². The molecule has 120 valence electrons. The van der Waals surface area contributed by atoms with Crippen LogP contribution in [0.2, 0.25) is 0 Å². The minimum Gasteiger partial charge on any atom is -0.383 e. The van der Waals surface area contributed by atoms with E-state index in [9.17, 15) is 0 Å². The smallest absolute Gasteiger partial charge is 0.131 e. The Kier molecular flexibility index (Phi) is 5.65. The molecule has 1 fully saturated rings. The zero-order chi connectivity index (χ0) is 15.4. The summed E-state index contributed by atoms with van der Waals surface area (Å²) in [5.41, 5.74) is 2.46. The van der Waals surface area contributed by atoms with Gasteiger partial charge >= 0.3 is 0 Å². The van der Waals surface area contributed by atoms with Gasteiger partial charge in [-0.25, -0.2) is 0 Å². The summed E-state index contributed by atoms with van der Waals surface area (Å²) >= 11 is 0. The van der Waals surface area contributed by atoms with Gasteiger partial charge < -0.3 is 15.0 Å². The fraction of sp³-hybridized carbons (Fsp3) is 0.812. The van der Waals surface area contributed by atoms with Crippen LogP contribution in [-0.4, -0.2) is 43.1 Å². The number of methoxy groups -OCH3 is 1. The Labute approximate surface area is 128 Å². The van der Waals surface area contributed by atoms with Crippen LogP contribution in [0.3, 0.4) is 0 Å². The van der Waals surface area contributed by atoms with Gasteiger partial charge in [0, 0.05) is 45.9 Å². The molecule has 5 nitrogen and oxygen atoms in total. The van der Waals surface area contributed by atoms with Crippen LogP contribution in [0.1, 0.15) is 31.5 Å². The Morgan fingerprint density at radius 1 is 1.29 bits per heavy atom. The van der Waals surface area contributed by atoms with E-state index in [2.05, 4.69) is 43.1 Å². The second-order valence-corrected chi connectivity index (χ2v) is 6.53. The van der Waals surface area contributed by atoms with Gasteiger partial charge in [0.2, 0.25) is 0 Å². The van der Waals surface area contributed by atoms with Gasteiger partial charge in [-0.2, -0.15) is 5.10 Å². The Morgan fingerprint density at radius 2 is 1.95 bits per heavy atom. The van der Waals surface area contributed by atoms with Gasteiger partial charge in [-0.05, 0) is 25.2 Å². The van der Waals surface area contributed by atoms with E-state index in [0.29, 0.717) is 0 Å². The van der Waals surface area contributed by atoms with E-state index in [4.69, 9.17) is 4.74 Å². The van der Waals surface area contributed by atoms with E-state index in [1.807, 2.05) is 4.68 Å². The number of nitrogens with one attached hydrogen (secondary N) is 1. The van der Waals surface area contributed by atoms with Crippen molar-refractivity contribution in [1.82, 2.24) is 15.1 Å². The van der Waals surface area contributed by atoms with Crippen molar-refractivity contribution in [1.29, 1.82) is 0 Å². The van der Waals surface area contributed by atoms with Gasteiger partial charge in [-0.15, -0.1) is 0 Å². The second kappa shape index (κ2) is 7.27. The molecule has 1 N–H and O–H groups in total. The SMILES string of the molecule is COCCNCc1c(C)nn(C)c1N1CC(C)CC(C)C1. The van der Waals surface area contributed by atoms with Crippen molar-refractivity contribution in [3.8, 4) is 0 Å². The first-order valence-electron chi connectivity index (χ1n) is 8.00. The maximum absolute atomic E-state index is 5.10. The first kappa shape index (κ1) is 16.3. The third-order valence-electron chi connectivity index (χ3n) is 4.27. The molecule has 5 heteroatoms. The highest BCUT2D eigenvalue weighted by Crippen LogP contribution is 2.29. The average Bonchev–Trinajstić information content (AvgIpc) is 2.68. The first-order chi connectivity index (χ1) is 10.0. The Hall–Kier alpha value is -1.07. The predicted molar refractivity (Wildman–Crippen MR) is 86.7 cm³/mol. The molecule has 0 bridgehead atoms. The Bertz CT molecular complexity index is 447. The highest BCUT2D eigenvalue weighted by molar-refractivity contribution is 5.50. The molecular formula is C16H30N4O. The average molecular weight is 294 g/mol. The maximum Gasteiger partial charge on any atom is 0.131 e. The van der Waals surface area contributed by atoms with Crippen LogP contribution in [0, 0.1) is 18.8 Å². The van der Waals surface area contributed by atoms with E-state index < -0.39 is 0 Å². The Balaban J connectivity index is 2.13. The number of ether oxygens (including phenoxy) is 1. The van der Waals surface area contributed by atoms with Crippen LogP contribution in [0.15, 0.2) is 0 Å². The minimum atomic E-state index is 0.742. The van der Waals surface area contributed by atoms with Crippen molar-refractivity contribution in [3.63, 3.8) is 0 Å². The van der Waals surface area contributed by atoms with Crippen LogP contribution < -0.4 is 10.2 Å². The quantitative estimate of drug-likeness (QED) is 0.814. The summed E-state index contributed by atoms with van der Waals surface area (Å²) in [4.78, 5) is 2.52. The number of hydrogen-bond donors (Lipinski definition) is 1. The normalized spacial score (nSPS) is 22.8. The molecule has 0 spiro atoms. The third kappa shape index (κ3) is 3.98. The summed E-state index contributed by atoms with van der Waals surface area (Å²) in [5.74, 6) is 2.78. The van der Waals surface area contributed by atoms with Crippen molar-refractivity contribution in [3.05, 3.63) is 11.3 Å². The first-order valence-corrected chi connectivity index (χ1v) is 8.00. The number of aryl methyl sites for hydroxylation is 2. The summed E-state index contributed by atoms with van der Waals surface area (Å²) in [7, 11) is 3.80. The number of anilines is 1. The molecule has 0 saturated carbocycles. The maximum atomic E-state index is 5.10. The van der Waals surface area contributed by atoms with Gasteiger partial charge in [0.1, 0.15) is 5.82 Å². The molecule has 0 aliphatic carbocycles. The van der Waals surface area contributed by atoms with Gasteiger partial charge in [-0.3, -0.25) is 4.68 Å². The fourth-order valence-corrected chi connectivity index (χ4v) is 3.52. The van der Waals surface area contributed by atoms with E-state index >= 15 is 0 Å². The summed E-state index contributed by atoms with van der Waals surface area (Å²) in [6.45, 7) is 11.5. The van der Waals surface area contributed by atoms with Gasteiger partial charge in [0.05, 0.1) is 12.3 Å². The molecule has 1 saturated heterocycles. The number of aromatic nitrogens is 2. The summed E-state index contributed by atoms with van der Waals surface area (Å²) in [6.07, 6.45) is 1.33. The monoisotopic (exact) mass is 294 g/mol. The third-order valence-corrected chi connectivity index (χ3v) is 4.27. The number of nitrogens with zero attached hydrogens (tertiary/aromatic N) is 3. The van der Waals surface area contributed by atoms with Crippen LogP contribution in [0.4, 0.5) is 5.82 Å². The molecule has 0 amide bonds. The van der Waals surface area contributed by atoms with E-state index in [-0.39, 0.29) is 0 Å². The van der Waals surface area contributed by atoms with Crippen molar-refractivity contribution in [2.75, 3.05) is 38.3 Å². The molecule has 0 aromatic carbocycles. The number of hydrogen-bond acceptors (Lipinski definition) is 4. The molecular weight excluding hydrogens is 264 g/mol. The lowest BCUT2D eigenvalue weighted by atomic mass is 9.91. The van der Waals surface area contributed by atoms with E-state index in [0.717, 1.165) is 50.3 Å². The largest absolute Gasteiger partial charge is 0.383 e.